The molecule has 94 valence electrons. The highest BCUT2D eigenvalue weighted by atomic mass is 15.1. The Balaban J connectivity index is 1.76. The highest BCUT2D eigenvalue weighted by molar-refractivity contribution is 4.74. The van der Waals surface area contributed by atoms with Crippen LogP contribution < -0.4 is 5.32 Å². The van der Waals surface area contributed by atoms with E-state index in [0.29, 0.717) is 0 Å². The van der Waals surface area contributed by atoms with E-state index in [9.17, 15) is 0 Å². The van der Waals surface area contributed by atoms with Crippen molar-refractivity contribution in [2.45, 2.75) is 45.4 Å². The zero-order valence-corrected chi connectivity index (χ0v) is 10.9. The molecule has 1 unspecified atom stereocenters. The fourth-order valence-electron chi connectivity index (χ4n) is 3.27. The third kappa shape index (κ3) is 4.06. The molecule has 0 aromatic heterocycles. The molecule has 1 atom stereocenters. The number of rotatable bonds is 2. The van der Waals surface area contributed by atoms with Crippen molar-refractivity contribution in [3.8, 4) is 0 Å². The van der Waals surface area contributed by atoms with E-state index in [-0.39, 0.29) is 0 Å². The average molecular weight is 224 g/mol. The number of hydrogen-bond donors (Lipinski definition) is 1. The summed E-state index contributed by atoms with van der Waals surface area (Å²) in [5, 5.41) is 3.53. The Bertz CT molecular complexity index is 187. The van der Waals surface area contributed by atoms with Gasteiger partial charge in [0, 0.05) is 13.1 Å². The normalized spacial score (nSPS) is 30.9. The molecule has 1 aliphatic carbocycles. The van der Waals surface area contributed by atoms with Gasteiger partial charge in [0.2, 0.25) is 0 Å². The molecule has 2 heteroatoms. The minimum Gasteiger partial charge on any atom is -0.316 e. The molecule has 1 saturated heterocycles. The van der Waals surface area contributed by atoms with Gasteiger partial charge in [-0.05, 0) is 50.7 Å². The second kappa shape index (κ2) is 6.61. The van der Waals surface area contributed by atoms with Crippen molar-refractivity contribution in [2.24, 2.45) is 11.8 Å². The zero-order valence-electron chi connectivity index (χ0n) is 10.9. The summed E-state index contributed by atoms with van der Waals surface area (Å²) in [5.74, 6) is 1.83. The minimum absolute atomic E-state index is 0.823. The van der Waals surface area contributed by atoms with Crippen LogP contribution in [0.25, 0.3) is 0 Å². The van der Waals surface area contributed by atoms with Crippen molar-refractivity contribution in [2.75, 3.05) is 32.7 Å². The van der Waals surface area contributed by atoms with Crippen LogP contribution >= 0.6 is 0 Å². The van der Waals surface area contributed by atoms with E-state index in [1.807, 2.05) is 0 Å². The molecule has 2 aliphatic rings. The van der Waals surface area contributed by atoms with Crippen molar-refractivity contribution in [3.05, 3.63) is 0 Å². The van der Waals surface area contributed by atoms with E-state index < -0.39 is 0 Å². The van der Waals surface area contributed by atoms with E-state index in [4.69, 9.17) is 0 Å². The highest BCUT2D eigenvalue weighted by Crippen LogP contribution is 2.24. The van der Waals surface area contributed by atoms with Gasteiger partial charge in [-0.1, -0.05) is 26.2 Å². The first-order chi connectivity index (χ1) is 7.84. The summed E-state index contributed by atoms with van der Waals surface area (Å²) in [7, 11) is 0. The summed E-state index contributed by atoms with van der Waals surface area (Å²) in [6.45, 7) is 8.81. The van der Waals surface area contributed by atoms with E-state index in [2.05, 4.69) is 17.1 Å². The quantitative estimate of drug-likeness (QED) is 0.775. The maximum absolute atomic E-state index is 3.53. The molecule has 0 bridgehead atoms. The molecular weight excluding hydrogens is 196 g/mol. The van der Waals surface area contributed by atoms with Crippen LogP contribution in [-0.2, 0) is 0 Å². The first-order valence-electron chi connectivity index (χ1n) is 7.27. The maximum Gasteiger partial charge on any atom is 0.00193 e. The maximum atomic E-state index is 3.53. The van der Waals surface area contributed by atoms with Crippen LogP contribution in [0.3, 0.4) is 0 Å². The zero-order chi connectivity index (χ0) is 11.2. The summed E-state index contributed by atoms with van der Waals surface area (Å²) >= 11 is 0. The Labute approximate surface area is 101 Å². The molecule has 1 saturated carbocycles. The molecule has 2 rings (SSSR count). The van der Waals surface area contributed by atoms with E-state index in [1.54, 1.807) is 0 Å². The van der Waals surface area contributed by atoms with Gasteiger partial charge in [0.25, 0.3) is 0 Å². The van der Waals surface area contributed by atoms with Crippen molar-refractivity contribution in [3.63, 3.8) is 0 Å². The lowest BCUT2D eigenvalue weighted by Gasteiger charge is -2.33. The van der Waals surface area contributed by atoms with Crippen molar-refractivity contribution in [1.29, 1.82) is 0 Å². The Morgan fingerprint density at radius 1 is 1.12 bits per heavy atom. The topological polar surface area (TPSA) is 15.3 Å². The van der Waals surface area contributed by atoms with Crippen LogP contribution in [0, 0.1) is 11.8 Å². The largest absolute Gasteiger partial charge is 0.316 e. The third-order valence-corrected chi connectivity index (χ3v) is 4.13. The summed E-state index contributed by atoms with van der Waals surface area (Å²) in [6, 6.07) is 0. The Morgan fingerprint density at radius 3 is 2.75 bits per heavy atom. The van der Waals surface area contributed by atoms with Gasteiger partial charge in [0.05, 0.1) is 0 Å². The summed E-state index contributed by atoms with van der Waals surface area (Å²) in [6.07, 6.45) is 8.76. The molecule has 0 aromatic rings. The first-order valence-corrected chi connectivity index (χ1v) is 7.27. The second-order valence-electron chi connectivity index (χ2n) is 5.93. The predicted octanol–water partition coefficient (Wildman–Crippen LogP) is 2.50. The molecule has 1 aliphatic heterocycles. The standard InChI is InChI=1S/C14H28N2/c1-13-10-15-8-5-9-16(11-13)12-14-6-3-2-4-7-14/h13-15H,2-12H2,1H3. The molecule has 1 heterocycles. The molecule has 2 nitrogen and oxygen atoms in total. The summed E-state index contributed by atoms with van der Waals surface area (Å²) in [5.41, 5.74) is 0. The van der Waals surface area contributed by atoms with Crippen molar-refractivity contribution >= 4 is 0 Å². The monoisotopic (exact) mass is 224 g/mol. The van der Waals surface area contributed by atoms with Gasteiger partial charge < -0.3 is 10.2 Å². The minimum atomic E-state index is 0.823. The van der Waals surface area contributed by atoms with Gasteiger partial charge in [-0.25, -0.2) is 0 Å². The fourth-order valence-corrected chi connectivity index (χ4v) is 3.27. The molecule has 0 radical (unpaired) electrons. The average Bonchev–Trinajstić information content (AvgIpc) is 2.27. The van der Waals surface area contributed by atoms with Crippen LogP contribution in [0.2, 0.25) is 0 Å². The lowest BCUT2D eigenvalue weighted by Crippen LogP contribution is -2.41. The van der Waals surface area contributed by atoms with Crippen LogP contribution in [0.4, 0.5) is 0 Å². The first kappa shape index (κ1) is 12.4. The van der Waals surface area contributed by atoms with Crippen LogP contribution in [0.5, 0.6) is 0 Å². The number of nitrogens with one attached hydrogen (secondary N) is 1. The van der Waals surface area contributed by atoms with Crippen LogP contribution in [0.15, 0.2) is 0 Å². The summed E-state index contributed by atoms with van der Waals surface area (Å²) in [4.78, 5) is 2.74. The van der Waals surface area contributed by atoms with E-state index >= 15 is 0 Å². The van der Waals surface area contributed by atoms with E-state index in [1.165, 1.54) is 71.2 Å². The highest BCUT2D eigenvalue weighted by Gasteiger charge is 2.19. The smallest absolute Gasteiger partial charge is 0.00193 e. The SMILES string of the molecule is CC1CNCCCN(CC2CCCCC2)C1. The van der Waals surface area contributed by atoms with Crippen molar-refractivity contribution in [1.82, 2.24) is 10.2 Å². The lowest BCUT2D eigenvalue weighted by molar-refractivity contribution is 0.168. The molecule has 0 amide bonds. The van der Waals surface area contributed by atoms with Crippen LogP contribution in [0.1, 0.15) is 45.4 Å². The Hall–Kier alpha value is -0.0800. The lowest BCUT2D eigenvalue weighted by atomic mass is 9.88. The number of hydrogen-bond acceptors (Lipinski definition) is 2. The Morgan fingerprint density at radius 2 is 1.94 bits per heavy atom. The second-order valence-corrected chi connectivity index (χ2v) is 5.93. The molecular formula is C14H28N2. The van der Waals surface area contributed by atoms with Gasteiger partial charge >= 0.3 is 0 Å². The fraction of sp³-hybridized carbons (Fsp3) is 1.00. The molecule has 2 fully saturated rings. The number of nitrogens with zero attached hydrogens (tertiary/aromatic N) is 1. The van der Waals surface area contributed by atoms with Gasteiger partial charge in [-0.2, -0.15) is 0 Å². The van der Waals surface area contributed by atoms with Crippen LogP contribution in [-0.4, -0.2) is 37.6 Å². The van der Waals surface area contributed by atoms with E-state index in [0.717, 1.165) is 11.8 Å². The molecule has 1 N–H and O–H groups in total. The predicted molar refractivity (Wildman–Crippen MR) is 69.7 cm³/mol. The Kier molecular flexibility index (Phi) is 5.11. The van der Waals surface area contributed by atoms with Crippen molar-refractivity contribution < 1.29 is 0 Å². The molecule has 0 aromatic carbocycles. The van der Waals surface area contributed by atoms with Gasteiger partial charge in [-0.15, -0.1) is 0 Å². The molecule has 0 spiro atoms. The molecule has 16 heavy (non-hydrogen) atoms. The van der Waals surface area contributed by atoms with Gasteiger partial charge in [0.15, 0.2) is 0 Å². The van der Waals surface area contributed by atoms with Gasteiger partial charge in [0.1, 0.15) is 0 Å². The summed E-state index contributed by atoms with van der Waals surface area (Å²) < 4.78 is 0. The third-order valence-electron chi connectivity index (χ3n) is 4.13. The van der Waals surface area contributed by atoms with Gasteiger partial charge in [-0.3, -0.25) is 0 Å².